The number of carbonyl (C=O) groups excluding carboxylic acids is 1. The van der Waals surface area contributed by atoms with Crippen LogP contribution < -0.4 is 15.4 Å². The fourth-order valence-corrected chi connectivity index (χ4v) is 4.04. The number of amides is 1. The SMILES string of the molecule is CCCCOc1nc(N)c2c(n1)N(CCCN(CCCO)Cc1ccc(CC(=O)O)cc1)C(=O)C2. The van der Waals surface area contributed by atoms with Crippen LogP contribution in [0.4, 0.5) is 11.6 Å². The van der Waals surface area contributed by atoms with E-state index in [4.69, 9.17) is 15.6 Å². The van der Waals surface area contributed by atoms with Crippen LogP contribution in [0.5, 0.6) is 6.01 Å². The normalized spacial score (nSPS) is 12.9. The highest BCUT2D eigenvalue weighted by molar-refractivity contribution is 6.01. The molecule has 35 heavy (non-hydrogen) atoms. The van der Waals surface area contributed by atoms with Gasteiger partial charge >= 0.3 is 12.0 Å². The third-order valence-corrected chi connectivity index (χ3v) is 5.88. The molecule has 1 aromatic heterocycles. The minimum atomic E-state index is -0.855. The smallest absolute Gasteiger partial charge is 0.320 e. The van der Waals surface area contributed by atoms with Crippen LogP contribution in [0.3, 0.4) is 0 Å². The zero-order valence-corrected chi connectivity index (χ0v) is 20.3. The Kier molecular flexibility index (Phi) is 9.80. The molecule has 3 rings (SSSR count). The van der Waals surface area contributed by atoms with Gasteiger partial charge < -0.3 is 20.7 Å². The third kappa shape index (κ3) is 7.63. The van der Waals surface area contributed by atoms with Crippen LogP contribution in [0.2, 0.25) is 0 Å². The van der Waals surface area contributed by atoms with Gasteiger partial charge in [0.1, 0.15) is 11.6 Å². The first-order valence-corrected chi connectivity index (χ1v) is 12.1. The number of fused-ring (bicyclic) bond motifs is 1. The summed E-state index contributed by atoms with van der Waals surface area (Å²) in [5.74, 6) is -0.0900. The largest absolute Gasteiger partial charge is 0.481 e. The highest BCUT2D eigenvalue weighted by Crippen LogP contribution is 2.32. The minimum Gasteiger partial charge on any atom is -0.481 e. The molecule has 2 heterocycles. The lowest BCUT2D eigenvalue weighted by atomic mass is 10.1. The van der Waals surface area contributed by atoms with Gasteiger partial charge in [0, 0.05) is 38.3 Å². The molecular formula is C25H35N5O5. The summed E-state index contributed by atoms with van der Waals surface area (Å²) in [6.07, 6.45) is 3.42. The van der Waals surface area contributed by atoms with Gasteiger partial charge in [-0.3, -0.25) is 19.4 Å². The molecule has 1 aliphatic heterocycles. The lowest BCUT2D eigenvalue weighted by Gasteiger charge is -2.24. The number of aromatic nitrogens is 2. The number of carbonyl (C=O) groups is 2. The van der Waals surface area contributed by atoms with Crippen molar-refractivity contribution in [2.75, 3.05) is 43.5 Å². The Hall–Kier alpha value is -3.24. The zero-order valence-electron chi connectivity index (χ0n) is 20.3. The Bertz CT molecular complexity index is 998. The van der Waals surface area contributed by atoms with Crippen molar-refractivity contribution >= 4 is 23.5 Å². The van der Waals surface area contributed by atoms with Gasteiger partial charge in [0.2, 0.25) is 5.91 Å². The van der Waals surface area contributed by atoms with E-state index in [0.29, 0.717) is 50.5 Å². The number of anilines is 2. The predicted octanol–water partition coefficient (Wildman–Crippen LogP) is 2.03. The third-order valence-electron chi connectivity index (χ3n) is 5.88. The fourth-order valence-electron chi connectivity index (χ4n) is 4.04. The summed E-state index contributed by atoms with van der Waals surface area (Å²) in [5, 5.41) is 18.2. The van der Waals surface area contributed by atoms with Gasteiger partial charge in [-0.25, -0.2) is 0 Å². The molecule has 0 saturated carbocycles. The number of aliphatic hydroxyl groups excluding tert-OH is 1. The van der Waals surface area contributed by atoms with Crippen LogP contribution in [0, 0.1) is 0 Å². The quantitative estimate of drug-likeness (QED) is 0.323. The van der Waals surface area contributed by atoms with Crippen molar-refractivity contribution in [3.05, 3.63) is 41.0 Å². The summed E-state index contributed by atoms with van der Waals surface area (Å²) in [5.41, 5.74) is 8.55. The number of benzene rings is 1. The van der Waals surface area contributed by atoms with Crippen LogP contribution in [0.25, 0.3) is 0 Å². The van der Waals surface area contributed by atoms with Gasteiger partial charge in [-0.1, -0.05) is 37.6 Å². The van der Waals surface area contributed by atoms with Gasteiger partial charge in [-0.15, -0.1) is 0 Å². The number of hydrogen-bond donors (Lipinski definition) is 3. The molecular weight excluding hydrogens is 450 g/mol. The molecule has 4 N–H and O–H groups in total. The number of nitrogens with two attached hydrogens (primary N) is 1. The van der Waals surface area contributed by atoms with E-state index in [2.05, 4.69) is 21.8 Å². The second-order valence-corrected chi connectivity index (χ2v) is 8.71. The van der Waals surface area contributed by atoms with Crippen molar-refractivity contribution < 1.29 is 24.5 Å². The molecule has 10 nitrogen and oxygen atoms in total. The standard InChI is InChI=1S/C25H35N5O5/c1-2-3-14-35-25-27-23(26)20-16-21(32)30(24(20)28-25)12-4-10-29(11-5-13-31)17-19-8-6-18(7-9-19)15-22(33)34/h6-9,31H,2-5,10-17H2,1H3,(H,33,34)(H2,26,27,28). The molecule has 1 aromatic carbocycles. The molecule has 0 unspecified atom stereocenters. The summed E-state index contributed by atoms with van der Waals surface area (Å²) < 4.78 is 5.61. The minimum absolute atomic E-state index is 0.000722. The molecule has 0 fully saturated rings. The number of nitrogens with zero attached hydrogens (tertiary/aromatic N) is 4. The van der Waals surface area contributed by atoms with Crippen molar-refractivity contribution in [2.24, 2.45) is 0 Å². The Morgan fingerprint density at radius 3 is 2.54 bits per heavy atom. The van der Waals surface area contributed by atoms with Gasteiger partial charge in [0.05, 0.1) is 19.4 Å². The monoisotopic (exact) mass is 485 g/mol. The highest BCUT2D eigenvalue weighted by atomic mass is 16.5. The number of aliphatic hydroxyl groups is 1. The summed E-state index contributed by atoms with van der Waals surface area (Å²) in [7, 11) is 0. The number of rotatable bonds is 15. The number of aliphatic carboxylic acids is 1. The topological polar surface area (TPSA) is 142 Å². The molecule has 0 saturated heterocycles. The fraction of sp³-hybridized carbons (Fsp3) is 0.520. The van der Waals surface area contributed by atoms with Crippen molar-refractivity contribution in [1.29, 1.82) is 0 Å². The Balaban J connectivity index is 1.61. The van der Waals surface area contributed by atoms with E-state index in [1.807, 2.05) is 24.3 Å². The predicted molar refractivity (Wildman–Crippen MR) is 132 cm³/mol. The molecule has 0 radical (unpaired) electrons. The van der Waals surface area contributed by atoms with Crippen LogP contribution >= 0.6 is 0 Å². The van der Waals surface area contributed by atoms with Crippen LogP contribution in [-0.4, -0.2) is 69.8 Å². The van der Waals surface area contributed by atoms with Crippen molar-refractivity contribution in [3.63, 3.8) is 0 Å². The first-order valence-electron chi connectivity index (χ1n) is 12.1. The van der Waals surface area contributed by atoms with E-state index in [1.54, 1.807) is 4.90 Å². The molecule has 190 valence electrons. The average molecular weight is 486 g/mol. The van der Waals surface area contributed by atoms with E-state index in [9.17, 15) is 14.7 Å². The van der Waals surface area contributed by atoms with E-state index in [0.717, 1.165) is 30.5 Å². The first kappa shape index (κ1) is 26.4. The second-order valence-electron chi connectivity index (χ2n) is 8.71. The lowest BCUT2D eigenvalue weighted by molar-refractivity contribution is -0.136. The number of nitrogen functional groups attached to an aromatic ring is 1. The van der Waals surface area contributed by atoms with E-state index in [1.165, 1.54) is 0 Å². The number of ether oxygens (including phenoxy) is 1. The second kappa shape index (κ2) is 13.0. The number of carboxylic acids is 1. The van der Waals surface area contributed by atoms with Gasteiger partial charge in [-0.2, -0.15) is 9.97 Å². The lowest BCUT2D eigenvalue weighted by Crippen LogP contribution is -2.33. The van der Waals surface area contributed by atoms with E-state index < -0.39 is 5.97 Å². The van der Waals surface area contributed by atoms with E-state index >= 15 is 0 Å². The molecule has 0 atom stereocenters. The molecule has 0 spiro atoms. The highest BCUT2D eigenvalue weighted by Gasteiger charge is 2.32. The Morgan fingerprint density at radius 1 is 1.14 bits per heavy atom. The maximum atomic E-state index is 12.7. The summed E-state index contributed by atoms with van der Waals surface area (Å²) in [4.78, 5) is 36.1. The number of hydrogen-bond acceptors (Lipinski definition) is 8. The average Bonchev–Trinajstić information content (AvgIpc) is 3.14. The molecule has 10 heteroatoms. The molecule has 0 aliphatic carbocycles. The summed E-state index contributed by atoms with van der Waals surface area (Å²) in [6.45, 7) is 5.26. The molecule has 2 aromatic rings. The van der Waals surface area contributed by atoms with Crippen molar-refractivity contribution in [3.8, 4) is 6.01 Å². The molecule has 1 aliphatic rings. The Morgan fingerprint density at radius 2 is 1.86 bits per heavy atom. The maximum Gasteiger partial charge on any atom is 0.320 e. The van der Waals surface area contributed by atoms with Gasteiger partial charge in [0.25, 0.3) is 0 Å². The first-order chi connectivity index (χ1) is 16.9. The zero-order chi connectivity index (χ0) is 25.2. The van der Waals surface area contributed by atoms with Gasteiger partial charge in [0.15, 0.2) is 0 Å². The van der Waals surface area contributed by atoms with Crippen LogP contribution in [0.1, 0.15) is 49.3 Å². The van der Waals surface area contributed by atoms with Crippen LogP contribution in [-0.2, 0) is 29.0 Å². The maximum absolute atomic E-state index is 12.7. The van der Waals surface area contributed by atoms with E-state index in [-0.39, 0.29) is 37.2 Å². The summed E-state index contributed by atoms with van der Waals surface area (Å²) >= 11 is 0. The van der Waals surface area contributed by atoms with Crippen molar-refractivity contribution in [1.82, 2.24) is 14.9 Å². The summed E-state index contributed by atoms with van der Waals surface area (Å²) in [6, 6.07) is 7.73. The van der Waals surface area contributed by atoms with Gasteiger partial charge in [-0.05, 0) is 30.4 Å². The molecule has 1 amide bonds. The van der Waals surface area contributed by atoms with Crippen molar-refractivity contribution in [2.45, 2.75) is 52.0 Å². The van der Waals surface area contributed by atoms with Crippen LogP contribution in [0.15, 0.2) is 24.3 Å². The number of unbranched alkanes of at least 4 members (excludes halogenated alkanes) is 1. The Labute approximate surface area is 205 Å². The number of carboxylic acid groups (broad SMARTS) is 1. The molecule has 0 bridgehead atoms.